The third kappa shape index (κ3) is 9.23. The monoisotopic (exact) mass is 373 g/mol. The summed E-state index contributed by atoms with van der Waals surface area (Å²) in [7, 11) is 1.62. The van der Waals surface area contributed by atoms with E-state index in [1.807, 2.05) is 0 Å². The average Bonchev–Trinajstić information content (AvgIpc) is 2.56. The summed E-state index contributed by atoms with van der Waals surface area (Å²) in [5.74, 6) is -4.43. The number of Topliss-reactive ketones (excluding diaryl/α,β-unsaturated/α-hetero) is 2. The number of aliphatic hydroxyl groups excluding tert-OH is 1. The fourth-order valence-corrected chi connectivity index (χ4v) is 2.07. The Hall–Kier alpha value is -2.33. The number of hydrogen-bond acceptors (Lipinski definition) is 7. The average molecular weight is 373 g/mol. The van der Waals surface area contributed by atoms with Gasteiger partial charge < -0.3 is 26.2 Å². The smallest absolute Gasteiger partial charge is 0.328 e. The lowest BCUT2D eigenvalue weighted by molar-refractivity contribution is -0.143. The number of amides is 2. The predicted octanol–water partition coefficient (Wildman–Crippen LogP) is -1.93. The molecule has 0 aromatic heterocycles. The van der Waals surface area contributed by atoms with Gasteiger partial charge in [-0.05, 0) is 7.05 Å². The van der Waals surface area contributed by atoms with Crippen LogP contribution in [0.2, 0.25) is 0 Å². The second-order valence-electron chi connectivity index (χ2n) is 6.12. The van der Waals surface area contributed by atoms with E-state index in [0.717, 1.165) is 0 Å². The van der Waals surface area contributed by atoms with Crippen LogP contribution in [-0.4, -0.2) is 72.3 Å². The fourth-order valence-electron chi connectivity index (χ4n) is 2.07. The lowest BCUT2D eigenvalue weighted by atomic mass is 10.0. The molecule has 10 heteroatoms. The molecule has 3 atom stereocenters. The van der Waals surface area contributed by atoms with Crippen LogP contribution in [0.25, 0.3) is 0 Å². The molecular weight excluding hydrogens is 346 g/mol. The lowest BCUT2D eigenvalue weighted by Crippen LogP contribution is -2.46. The summed E-state index contributed by atoms with van der Waals surface area (Å²) < 4.78 is 0. The topological polar surface area (TPSA) is 162 Å². The molecule has 148 valence electrons. The molecular formula is C16H27N3O7. The van der Waals surface area contributed by atoms with Crippen molar-refractivity contribution in [2.45, 2.75) is 32.7 Å². The van der Waals surface area contributed by atoms with E-state index >= 15 is 0 Å². The zero-order valence-corrected chi connectivity index (χ0v) is 15.2. The van der Waals surface area contributed by atoms with Crippen molar-refractivity contribution in [3.8, 4) is 0 Å². The first-order valence-corrected chi connectivity index (χ1v) is 8.22. The lowest BCUT2D eigenvalue weighted by Gasteiger charge is -2.16. The molecule has 0 saturated carbocycles. The number of carboxylic acid groups (broad SMARTS) is 1. The van der Waals surface area contributed by atoms with E-state index in [9.17, 15) is 24.0 Å². The van der Waals surface area contributed by atoms with Crippen molar-refractivity contribution in [1.82, 2.24) is 16.0 Å². The van der Waals surface area contributed by atoms with Crippen LogP contribution in [0.3, 0.4) is 0 Å². The van der Waals surface area contributed by atoms with E-state index in [1.54, 1.807) is 14.0 Å². The van der Waals surface area contributed by atoms with E-state index in [-0.39, 0.29) is 31.7 Å². The molecule has 0 radical (unpaired) electrons. The summed E-state index contributed by atoms with van der Waals surface area (Å²) in [4.78, 5) is 57.7. The highest BCUT2D eigenvalue weighted by atomic mass is 16.4. The second kappa shape index (κ2) is 12.1. The minimum atomic E-state index is -1.43. The Morgan fingerprint density at radius 3 is 1.85 bits per heavy atom. The standard InChI is InChI=1S/C16H27N3O7/c1-9(4-11(21)6-17-3)14(23)18-7-12(22)5-10(2)15(24)19-13(8-20)16(25)26/h9-10,13,17,20H,4-8H2,1-3H3,(H,18,23)(H,19,24)(H,25,26)/t9-,10-,13+/m1/s1. The summed E-state index contributed by atoms with van der Waals surface area (Å²) in [6.07, 6.45) is -0.144. The van der Waals surface area contributed by atoms with Crippen molar-refractivity contribution >= 4 is 29.4 Å². The van der Waals surface area contributed by atoms with E-state index in [2.05, 4.69) is 16.0 Å². The summed E-state index contributed by atoms with van der Waals surface area (Å²) in [6.45, 7) is 2.12. The maximum absolute atomic E-state index is 11.9. The van der Waals surface area contributed by atoms with Crippen LogP contribution >= 0.6 is 0 Å². The number of carbonyl (C=O) groups is 5. The van der Waals surface area contributed by atoms with E-state index in [0.29, 0.717) is 0 Å². The molecule has 26 heavy (non-hydrogen) atoms. The van der Waals surface area contributed by atoms with E-state index < -0.39 is 48.1 Å². The van der Waals surface area contributed by atoms with Gasteiger partial charge in [0.25, 0.3) is 0 Å². The van der Waals surface area contributed by atoms with Crippen molar-refractivity contribution in [3.63, 3.8) is 0 Å². The van der Waals surface area contributed by atoms with Gasteiger partial charge in [-0.3, -0.25) is 19.2 Å². The van der Waals surface area contributed by atoms with E-state index in [4.69, 9.17) is 10.2 Å². The van der Waals surface area contributed by atoms with Gasteiger partial charge in [0.15, 0.2) is 5.78 Å². The highest BCUT2D eigenvalue weighted by Gasteiger charge is 2.24. The van der Waals surface area contributed by atoms with Crippen LogP contribution in [0.1, 0.15) is 26.7 Å². The quantitative estimate of drug-likeness (QED) is 0.249. The first-order chi connectivity index (χ1) is 12.1. The fraction of sp³-hybridized carbons (Fsp3) is 0.688. The van der Waals surface area contributed by atoms with Crippen molar-refractivity contribution < 1.29 is 34.2 Å². The minimum absolute atomic E-state index is 0.0530. The summed E-state index contributed by atoms with van der Waals surface area (Å²) in [6, 6.07) is -1.43. The minimum Gasteiger partial charge on any atom is -0.480 e. The number of aliphatic hydroxyl groups is 1. The number of nitrogens with one attached hydrogen (secondary N) is 3. The molecule has 0 aliphatic heterocycles. The molecule has 0 aromatic carbocycles. The van der Waals surface area contributed by atoms with Crippen LogP contribution in [0.4, 0.5) is 0 Å². The molecule has 0 spiro atoms. The number of likely N-dealkylation sites (N-methyl/N-ethyl adjacent to an activating group) is 1. The number of carboxylic acids is 1. The molecule has 0 unspecified atom stereocenters. The molecule has 5 N–H and O–H groups in total. The van der Waals surface area contributed by atoms with Crippen molar-refractivity contribution in [2.75, 3.05) is 26.7 Å². The number of ketones is 2. The molecule has 0 fully saturated rings. The SMILES string of the molecule is CNCC(=O)C[C@@H](C)C(=O)NCC(=O)C[C@@H](C)C(=O)N[C@@H](CO)C(=O)O. The van der Waals surface area contributed by atoms with Gasteiger partial charge in [-0.25, -0.2) is 4.79 Å². The van der Waals surface area contributed by atoms with Crippen LogP contribution in [-0.2, 0) is 24.0 Å². The number of carbonyl (C=O) groups excluding carboxylic acids is 4. The Kier molecular flexibility index (Phi) is 11.0. The molecule has 0 rings (SSSR count). The Balaban J connectivity index is 4.31. The number of hydrogen-bond donors (Lipinski definition) is 5. The maximum atomic E-state index is 11.9. The Labute approximate surface area is 151 Å². The normalized spacial score (nSPS) is 14.0. The van der Waals surface area contributed by atoms with Gasteiger partial charge >= 0.3 is 5.97 Å². The van der Waals surface area contributed by atoms with Gasteiger partial charge in [0.1, 0.15) is 11.8 Å². The molecule has 0 aliphatic carbocycles. The molecule has 2 amide bonds. The highest BCUT2D eigenvalue weighted by Crippen LogP contribution is 2.05. The first kappa shape index (κ1) is 23.7. The Morgan fingerprint density at radius 1 is 0.885 bits per heavy atom. The molecule has 0 heterocycles. The first-order valence-electron chi connectivity index (χ1n) is 8.22. The van der Waals surface area contributed by atoms with Crippen molar-refractivity contribution in [3.05, 3.63) is 0 Å². The summed E-state index contributed by atoms with van der Waals surface area (Å²) in [5.41, 5.74) is 0. The molecule has 10 nitrogen and oxygen atoms in total. The molecule has 0 saturated heterocycles. The van der Waals surface area contributed by atoms with Crippen LogP contribution in [0, 0.1) is 11.8 Å². The van der Waals surface area contributed by atoms with Crippen molar-refractivity contribution in [1.29, 1.82) is 0 Å². The Morgan fingerprint density at radius 2 is 1.38 bits per heavy atom. The van der Waals surface area contributed by atoms with Crippen LogP contribution < -0.4 is 16.0 Å². The molecule has 0 aromatic rings. The van der Waals surface area contributed by atoms with Gasteiger partial charge in [0.05, 0.1) is 19.7 Å². The zero-order chi connectivity index (χ0) is 20.3. The second-order valence-corrected chi connectivity index (χ2v) is 6.12. The number of aliphatic carboxylic acids is 1. The van der Waals surface area contributed by atoms with Crippen LogP contribution in [0.5, 0.6) is 0 Å². The predicted molar refractivity (Wildman–Crippen MR) is 91.2 cm³/mol. The third-order valence-electron chi connectivity index (χ3n) is 3.59. The van der Waals surface area contributed by atoms with Crippen molar-refractivity contribution in [2.24, 2.45) is 11.8 Å². The van der Waals surface area contributed by atoms with E-state index in [1.165, 1.54) is 6.92 Å². The van der Waals surface area contributed by atoms with Gasteiger partial charge in [-0.1, -0.05) is 13.8 Å². The summed E-state index contributed by atoms with van der Waals surface area (Å²) >= 11 is 0. The third-order valence-corrected chi connectivity index (χ3v) is 3.59. The van der Waals surface area contributed by atoms with Gasteiger partial charge in [-0.15, -0.1) is 0 Å². The summed E-state index contributed by atoms with van der Waals surface area (Å²) in [5, 5.41) is 24.9. The van der Waals surface area contributed by atoms with Crippen LogP contribution in [0.15, 0.2) is 0 Å². The van der Waals surface area contributed by atoms with Gasteiger partial charge in [0.2, 0.25) is 11.8 Å². The van der Waals surface area contributed by atoms with Gasteiger partial charge in [-0.2, -0.15) is 0 Å². The maximum Gasteiger partial charge on any atom is 0.328 e. The zero-order valence-electron chi connectivity index (χ0n) is 15.2. The van der Waals surface area contributed by atoms with Gasteiger partial charge in [0, 0.05) is 24.7 Å². The highest BCUT2D eigenvalue weighted by molar-refractivity contribution is 5.92. The Bertz CT molecular complexity index is 536. The molecule has 0 aliphatic rings. The molecule has 0 bridgehead atoms. The largest absolute Gasteiger partial charge is 0.480 e. The number of rotatable bonds is 13.